The number of alkyl halides is 3. The molecule has 2 aromatic rings. The van der Waals surface area contributed by atoms with Crippen LogP contribution in [0.1, 0.15) is 29.8 Å². The van der Waals surface area contributed by atoms with Gasteiger partial charge in [-0.15, -0.1) is 0 Å². The molecule has 1 saturated heterocycles. The quantitative estimate of drug-likeness (QED) is 0.709. The lowest BCUT2D eigenvalue weighted by Crippen LogP contribution is -2.52. The first-order chi connectivity index (χ1) is 12.8. The fourth-order valence-corrected chi connectivity index (χ4v) is 4.11. The van der Waals surface area contributed by atoms with Gasteiger partial charge in [0.1, 0.15) is 17.5 Å². The van der Waals surface area contributed by atoms with Gasteiger partial charge in [-0.05, 0) is 30.7 Å². The van der Waals surface area contributed by atoms with Crippen molar-refractivity contribution >= 4 is 5.91 Å². The number of para-hydroxylation sites is 2. The van der Waals surface area contributed by atoms with Crippen LogP contribution in [0, 0.1) is 18.3 Å². The van der Waals surface area contributed by atoms with Crippen molar-refractivity contribution in [1.82, 2.24) is 9.47 Å². The second-order valence-electron chi connectivity index (χ2n) is 6.86. The first-order valence-electron chi connectivity index (χ1n) is 8.54. The van der Waals surface area contributed by atoms with E-state index in [9.17, 15) is 23.2 Å². The summed E-state index contributed by atoms with van der Waals surface area (Å²) in [6.45, 7) is 1.74. The third-order valence-electron chi connectivity index (χ3n) is 5.25. The highest BCUT2D eigenvalue weighted by Gasteiger charge is 2.50. The van der Waals surface area contributed by atoms with Crippen molar-refractivity contribution in [3.63, 3.8) is 0 Å². The fraction of sp³-hybridized carbons (Fsp3) is 0.368. The molecule has 0 bridgehead atoms. The molecular formula is C19H16F3N3O2. The highest BCUT2D eigenvalue weighted by molar-refractivity contribution is 5.82. The van der Waals surface area contributed by atoms with E-state index < -0.39 is 17.7 Å². The smallest absolute Gasteiger partial charge is 0.471 e. The lowest BCUT2D eigenvalue weighted by atomic mass is 9.84. The number of aryl methyl sites for hydroxylation is 1. The molecule has 1 aromatic carbocycles. The van der Waals surface area contributed by atoms with Crippen LogP contribution in [0.3, 0.4) is 0 Å². The number of carbonyl (C=O) groups excluding carboxylic acids is 1. The third-order valence-corrected chi connectivity index (χ3v) is 5.25. The second kappa shape index (κ2) is 5.78. The van der Waals surface area contributed by atoms with Crippen LogP contribution in [0.25, 0.3) is 5.69 Å². The van der Waals surface area contributed by atoms with E-state index in [1.807, 2.05) is 29.7 Å². The van der Waals surface area contributed by atoms with Gasteiger partial charge in [-0.2, -0.15) is 18.4 Å². The summed E-state index contributed by atoms with van der Waals surface area (Å²) in [5.41, 5.74) is 1.94. The molecule has 1 spiro atoms. The number of rotatable bonds is 0. The van der Waals surface area contributed by atoms with Crippen LogP contribution in [0.5, 0.6) is 5.75 Å². The van der Waals surface area contributed by atoms with Crippen LogP contribution >= 0.6 is 0 Å². The maximum absolute atomic E-state index is 12.8. The number of aromatic nitrogens is 1. The molecular weight excluding hydrogens is 359 g/mol. The molecule has 140 valence electrons. The molecule has 8 heteroatoms. The fourth-order valence-electron chi connectivity index (χ4n) is 4.11. The SMILES string of the molecule is Cc1cc(C#N)n2c1C1(CCN(C(=O)C(F)(F)F)CC1)Oc1ccccc1-2. The Kier molecular flexibility index (Phi) is 3.74. The molecule has 1 fully saturated rings. The number of halogens is 3. The Morgan fingerprint density at radius 1 is 1.26 bits per heavy atom. The standard InChI is InChI=1S/C19H16F3N3O2/c1-12-10-13(11-23)25-14-4-2-3-5-15(14)27-18(16(12)25)6-8-24(9-7-18)17(26)19(20,21)22/h2-5,10H,6-9H2,1H3. The zero-order chi connectivity index (χ0) is 19.4. The van der Waals surface area contributed by atoms with E-state index in [0.29, 0.717) is 11.4 Å². The van der Waals surface area contributed by atoms with E-state index in [0.717, 1.165) is 21.8 Å². The van der Waals surface area contributed by atoms with E-state index >= 15 is 0 Å². The predicted octanol–water partition coefficient (Wildman–Crippen LogP) is 3.43. The van der Waals surface area contributed by atoms with Gasteiger partial charge < -0.3 is 9.64 Å². The van der Waals surface area contributed by atoms with Crippen molar-refractivity contribution in [2.24, 2.45) is 0 Å². The van der Waals surface area contributed by atoms with Gasteiger partial charge >= 0.3 is 12.1 Å². The summed E-state index contributed by atoms with van der Waals surface area (Å²) in [5.74, 6) is -1.24. The van der Waals surface area contributed by atoms with Crippen LogP contribution in [0.2, 0.25) is 0 Å². The Morgan fingerprint density at radius 2 is 1.93 bits per heavy atom. The van der Waals surface area contributed by atoms with Gasteiger partial charge in [-0.25, -0.2) is 0 Å². The van der Waals surface area contributed by atoms with E-state index in [1.165, 1.54) is 0 Å². The number of carbonyl (C=O) groups is 1. The van der Waals surface area contributed by atoms with Gasteiger partial charge in [0.2, 0.25) is 0 Å². The van der Waals surface area contributed by atoms with Crippen molar-refractivity contribution in [2.75, 3.05) is 13.1 Å². The largest absolute Gasteiger partial charge is 0.479 e. The minimum Gasteiger partial charge on any atom is -0.479 e. The van der Waals surface area contributed by atoms with Crippen LogP contribution in [0.4, 0.5) is 13.2 Å². The molecule has 2 aliphatic rings. The van der Waals surface area contributed by atoms with Crippen LogP contribution < -0.4 is 4.74 Å². The summed E-state index contributed by atoms with van der Waals surface area (Å²) in [4.78, 5) is 12.4. The summed E-state index contributed by atoms with van der Waals surface area (Å²) in [7, 11) is 0. The number of hydrogen-bond donors (Lipinski definition) is 0. The third kappa shape index (κ3) is 2.57. The van der Waals surface area contributed by atoms with Crippen molar-refractivity contribution < 1.29 is 22.7 Å². The number of ether oxygens (including phenoxy) is 1. The number of fused-ring (bicyclic) bond motifs is 4. The second-order valence-corrected chi connectivity index (χ2v) is 6.86. The molecule has 0 N–H and O–H groups in total. The molecule has 2 aliphatic heterocycles. The highest BCUT2D eigenvalue weighted by atomic mass is 19.4. The monoisotopic (exact) mass is 375 g/mol. The average Bonchev–Trinajstić information content (AvgIpc) is 2.99. The van der Waals surface area contributed by atoms with Crippen molar-refractivity contribution in [3.05, 3.63) is 47.3 Å². The molecule has 1 aromatic heterocycles. The molecule has 1 amide bonds. The van der Waals surface area contributed by atoms with Gasteiger partial charge in [0.05, 0.1) is 11.4 Å². The van der Waals surface area contributed by atoms with Crippen LogP contribution in [-0.2, 0) is 10.4 Å². The normalized spacial score (nSPS) is 17.7. The first kappa shape index (κ1) is 17.5. The number of likely N-dealkylation sites (tertiary alicyclic amines) is 1. The topological polar surface area (TPSA) is 58.3 Å². The van der Waals surface area contributed by atoms with E-state index in [2.05, 4.69) is 6.07 Å². The van der Waals surface area contributed by atoms with Gasteiger partial charge in [0, 0.05) is 25.9 Å². The van der Waals surface area contributed by atoms with Crippen molar-refractivity contribution in [3.8, 4) is 17.5 Å². The molecule has 27 heavy (non-hydrogen) atoms. The summed E-state index contributed by atoms with van der Waals surface area (Å²) in [5, 5.41) is 9.53. The number of piperidine rings is 1. The Labute approximate surface area is 153 Å². The van der Waals surface area contributed by atoms with Crippen LogP contribution in [-0.4, -0.2) is 34.6 Å². The Hall–Kier alpha value is -2.95. The van der Waals surface area contributed by atoms with E-state index in [1.54, 1.807) is 12.1 Å². The molecule has 0 radical (unpaired) electrons. The summed E-state index contributed by atoms with van der Waals surface area (Å²) < 4.78 is 46.4. The number of nitrogens with zero attached hydrogens (tertiary/aromatic N) is 3. The van der Waals surface area contributed by atoms with Crippen molar-refractivity contribution in [1.29, 1.82) is 5.26 Å². The van der Waals surface area contributed by atoms with Crippen molar-refractivity contribution in [2.45, 2.75) is 31.5 Å². The Bertz CT molecular complexity index is 964. The first-order valence-corrected chi connectivity index (χ1v) is 8.54. The Morgan fingerprint density at radius 3 is 2.56 bits per heavy atom. The lowest BCUT2D eigenvalue weighted by molar-refractivity contribution is -0.188. The van der Waals surface area contributed by atoms with Crippen LogP contribution in [0.15, 0.2) is 30.3 Å². The zero-order valence-corrected chi connectivity index (χ0v) is 14.5. The van der Waals surface area contributed by atoms with Gasteiger partial charge in [-0.1, -0.05) is 12.1 Å². The minimum absolute atomic E-state index is 0.0625. The van der Waals surface area contributed by atoms with Gasteiger partial charge in [0.15, 0.2) is 5.60 Å². The maximum atomic E-state index is 12.8. The number of amides is 1. The molecule has 3 heterocycles. The molecule has 0 aliphatic carbocycles. The number of hydrogen-bond acceptors (Lipinski definition) is 3. The Balaban J connectivity index is 1.76. The molecule has 5 nitrogen and oxygen atoms in total. The molecule has 0 atom stereocenters. The summed E-state index contributed by atoms with van der Waals surface area (Å²) >= 11 is 0. The summed E-state index contributed by atoms with van der Waals surface area (Å²) in [6, 6.07) is 11.2. The minimum atomic E-state index is -4.88. The van der Waals surface area contributed by atoms with E-state index in [4.69, 9.17) is 4.74 Å². The highest BCUT2D eigenvalue weighted by Crippen LogP contribution is 2.47. The molecule has 4 rings (SSSR count). The maximum Gasteiger partial charge on any atom is 0.471 e. The number of benzene rings is 1. The average molecular weight is 375 g/mol. The predicted molar refractivity (Wildman–Crippen MR) is 89.4 cm³/mol. The number of nitriles is 1. The van der Waals surface area contributed by atoms with Gasteiger partial charge in [-0.3, -0.25) is 9.36 Å². The lowest BCUT2D eigenvalue weighted by Gasteiger charge is -2.45. The zero-order valence-electron chi connectivity index (χ0n) is 14.5. The molecule has 0 unspecified atom stereocenters. The van der Waals surface area contributed by atoms with E-state index in [-0.39, 0.29) is 25.9 Å². The summed E-state index contributed by atoms with van der Waals surface area (Å²) in [6.07, 6.45) is -4.44. The van der Waals surface area contributed by atoms with Gasteiger partial charge in [0.25, 0.3) is 0 Å². The molecule has 0 saturated carbocycles.